The summed E-state index contributed by atoms with van der Waals surface area (Å²) in [7, 11) is 0. The van der Waals surface area contributed by atoms with E-state index < -0.39 is 0 Å². The minimum absolute atomic E-state index is 0.787. The van der Waals surface area contributed by atoms with Crippen LogP contribution >= 0.6 is 0 Å². The van der Waals surface area contributed by atoms with Crippen molar-refractivity contribution in [1.29, 1.82) is 0 Å². The summed E-state index contributed by atoms with van der Waals surface area (Å²) in [6.45, 7) is 3.63. The normalized spacial score (nSPS) is 13.7. The topological polar surface area (TPSA) is 55.7 Å². The highest BCUT2D eigenvalue weighted by Gasteiger charge is 2.14. The lowest BCUT2D eigenvalue weighted by molar-refractivity contribution is 0.288. The fraction of sp³-hybridized carbons (Fsp3) is 0.294. The maximum Gasteiger partial charge on any atom is 0.160 e. The maximum absolute atomic E-state index is 5.68. The number of aromatic nitrogens is 4. The first kappa shape index (κ1) is 13.1. The van der Waals surface area contributed by atoms with E-state index in [9.17, 15) is 0 Å². The molecule has 0 amide bonds. The van der Waals surface area contributed by atoms with Crippen LogP contribution in [0.4, 0.5) is 0 Å². The van der Waals surface area contributed by atoms with Gasteiger partial charge in [-0.25, -0.2) is 9.97 Å². The fourth-order valence-corrected chi connectivity index (χ4v) is 2.95. The van der Waals surface area contributed by atoms with Crippen LogP contribution in [0, 0.1) is 6.92 Å². The van der Waals surface area contributed by atoms with E-state index >= 15 is 0 Å². The second kappa shape index (κ2) is 5.33. The molecule has 5 heteroatoms. The lowest BCUT2D eigenvalue weighted by Gasteiger charge is -2.18. The molecule has 112 valence electrons. The van der Waals surface area contributed by atoms with Gasteiger partial charge in [0, 0.05) is 24.6 Å². The summed E-state index contributed by atoms with van der Waals surface area (Å²) in [5.74, 6) is 1.93. The van der Waals surface area contributed by atoms with Gasteiger partial charge in [-0.2, -0.15) is 0 Å². The first-order chi connectivity index (χ1) is 10.8. The molecule has 1 aliphatic heterocycles. The first-order valence-electron chi connectivity index (χ1n) is 7.57. The van der Waals surface area contributed by atoms with Crippen molar-refractivity contribution in [2.45, 2.75) is 26.3 Å². The van der Waals surface area contributed by atoms with Crippen molar-refractivity contribution in [1.82, 2.24) is 19.5 Å². The molecule has 0 aliphatic carbocycles. The zero-order chi connectivity index (χ0) is 14.9. The number of ether oxygens (including phenoxy) is 1. The number of H-pyrrole nitrogens is 1. The average molecular weight is 294 g/mol. The van der Waals surface area contributed by atoms with E-state index in [4.69, 9.17) is 4.74 Å². The van der Waals surface area contributed by atoms with E-state index in [1.54, 1.807) is 6.33 Å². The number of benzene rings is 1. The van der Waals surface area contributed by atoms with Gasteiger partial charge in [0.25, 0.3) is 0 Å². The number of hydrogen-bond acceptors (Lipinski definition) is 3. The highest BCUT2D eigenvalue weighted by atomic mass is 16.5. The number of nitrogens with one attached hydrogen (secondary N) is 1. The van der Waals surface area contributed by atoms with Gasteiger partial charge < -0.3 is 14.3 Å². The monoisotopic (exact) mass is 294 g/mol. The van der Waals surface area contributed by atoms with Gasteiger partial charge in [-0.15, -0.1) is 0 Å². The van der Waals surface area contributed by atoms with Crippen LogP contribution in [0.2, 0.25) is 0 Å². The Morgan fingerprint density at radius 1 is 1.32 bits per heavy atom. The lowest BCUT2D eigenvalue weighted by Crippen LogP contribution is -2.09. The zero-order valence-corrected chi connectivity index (χ0v) is 12.5. The van der Waals surface area contributed by atoms with Crippen molar-refractivity contribution >= 4 is 0 Å². The van der Waals surface area contributed by atoms with E-state index in [-0.39, 0.29) is 0 Å². The molecule has 0 spiro atoms. The Balaban J connectivity index is 1.65. The molecule has 0 fully saturated rings. The standard InChI is InChI=1S/C17H18N4O/c1-12-16(20-11-19-12)17-18-6-7-21(17)10-13-4-5-15-14(9-13)3-2-8-22-15/h4-7,9,11H,2-3,8,10H2,1H3,(H,19,20). The van der Waals surface area contributed by atoms with Gasteiger partial charge in [0.2, 0.25) is 0 Å². The first-order valence-corrected chi connectivity index (χ1v) is 7.57. The summed E-state index contributed by atoms with van der Waals surface area (Å²) < 4.78 is 7.81. The van der Waals surface area contributed by atoms with Crippen LogP contribution in [0.3, 0.4) is 0 Å². The quantitative estimate of drug-likeness (QED) is 0.808. The molecule has 22 heavy (non-hydrogen) atoms. The molecule has 0 atom stereocenters. The van der Waals surface area contributed by atoms with E-state index in [1.807, 2.05) is 19.3 Å². The van der Waals surface area contributed by atoms with E-state index in [0.29, 0.717) is 0 Å². The SMILES string of the molecule is Cc1[nH]cnc1-c1nccn1Cc1ccc2c(c1)CCCO2. The molecule has 0 saturated heterocycles. The number of rotatable bonds is 3. The number of imidazole rings is 2. The average Bonchev–Trinajstić information content (AvgIpc) is 3.15. The van der Waals surface area contributed by atoms with Gasteiger partial charge in [-0.3, -0.25) is 0 Å². The Bertz CT molecular complexity index is 803. The number of aromatic amines is 1. The van der Waals surface area contributed by atoms with Crippen molar-refractivity contribution in [3.63, 3.8) is 0 Å². The number of nitrogens with zero attached hydrogens (tertiary/aromatic N) is 3. The molecule has 3 aromatic rings. The van der Waals surface area contributed by atoms with Crippen LogP contribution < -0.4 is 4.74 Å². The minimum Gasteiger partial charge on any atom is -0.493 e. The Morgan fingerprint density at radius 3 is 3.14 bits per heavy atom. The van der Waals surface area contributed by atoms with Crippen molar-refractivity contribution < 1.29 is 4.74 Å². The van der Waals surface area contributed by atoms with Gasteiger partial charge in [0.1, 0.15) is 11.4 Å². The van der Waals surface area contributed by atoms with Crippen molar-refractivity contribution in [2.75, 3.05) is 6.61 Å². The zero-order valence-electron chi connectivity index (χ0n) is 12.5. The summed E-state index contributed by atoms with van der Waals surface area (Å²) in [4.78, 5) is 11.9. The molecule has 0 radical (unpaired) electrons. The van der Waals surface area contributed by atoms with Crippen LogP contribution in [0.1, 0.15) is 23.2 Å². The van der Waals surface area contributed by atoms with E-state index in [0.717, 1.165) is 49.0 Å². The molecule has 1 aliphatic rings. The Morgan fingerprint density at radius 2 is 2.27 bits per heavy atom. The summed E-state index contributed by atoms with van der Waals surface area (Å²) in [6.07, 6.45) is 7.72. The third-order valence-corrected chi connectivity index (χ3v) is 4.08. The lowest BCUT2D eigenvalue weighted by atomic mass is 10.0. The Labute approximate surface area is 129 Å². The van der Waals surface area contributed by atoms with Gasteiger partial charge in [0.05, 0.1) is 12.9 Å². The molecule has 0 bridgehead atoms. The number of aryl methyl sites for hydroxylation is 2. The van der Waals surface area contributed by atoms with Gasteiger partial charge in [-0.1, -0.05) is 12.1 Å². The van der Waals surface area contributed by atoms with Crippen LogP contribution in [0.25, 0.3) is 11.5 Å². The summed E-state index contributed by atoms with van der Waals surface area (Å²) in [5.41, 5.74) is 4.51. The molecule has 0 unspecified atom stereocenters. The third-order valence-electron chi connectivity index (χ3n) is 4.08. The molecule has 4 rings (SSSR count). The summed E-state index contributed by atoms with van der Waals surface area (Å²) in [5, 5.41) is 0. The molecular weight excluding hydrogens is 276 g/mol. The highest BCUT2D eigenvalue weighted by Crippen LogP contribution is 2.26. The van der Waals surface area contributed by atoms with E-state index in [1.165, 1.54) is 11.1 Å². The largest absolute Gasteiger partial charge is 0.493 e. The van der Waals surface area contributed by atoms with E-state index in [2.05, 4.69) is 37.7 Å². The van der Waals surface area contributed by atoms with Crippen LogP contribution in [0.5, 0.6) is 5.75 Å². The van der Waals surface area contributed by atoms with Crippen molar-refractivity contribution in [3.05, 3.63) is 53.7 Å². The van der Waals surface area contributed by atoms with Crippen molar-refractivity contribution in [2.24, 2.45) is 0 Å². The Hall–Kier alpha value is -2.56. The second-order valence-electron chi connectivity index (χ2n) is 5.65. The minimum atomic E-state index is 0.787. The Kier molecular flexibility index (Phi) is 3.18. The predicted molar refractivity (Wildman–Crippen MR) is 83.9 cm³/mol. The van der Waals surface area contributed by atoms with Gasteiger partial charge in [-0.05, 0) is 37.0 Å². The molecule has 1 N–H and O–H groups in total. The van der Waals surface area contributed by atoms with Crippen LogP contribution in [-0.4, -0.2) is 26.1 Å². The third kappa shape index (κ3) is 2.28. The van der Waals surface area contributed by atoms with Gasteiger partial charge >= 0.3 is 0 Å². The molecule has 1 aromatic carbocycles. The second-order valence-corrected chi connectivity index (χ2v) is 5.65. The fourth-order valence-electron chi connectivity index (χ4n) is 2.95. The molecule has 0 saturated carbocycles. The molecular formula is C17H18N4O. The molecule has 2 aromatic heterocycles. The summed E-state index contributed by atoms with van der Waals surface area (Å²) in [6, 6.07) is 6.46. The van der Waals surface area contributed by atoms with Crippen LogP contribution in [-0.2, 0) is 13.0 Å². The maximum atomic E-state index is 5.68. The molecule has 3 heterocycles. The molecule has 5 nitrogen and oxygen atoms in total. The smallest absolute Gasteiger partial charge is 0.160 e. The number of fused-ring (bicyclic) bond motifs is 1. The highest BCUT2D eigenvalue weighted by molar-refractivity contribution is 5.53. The predicted octanol–water partition coefficient (Wildman–Crippen LogP) is 2.95. The van der Waals surface area contributed by atoms with Gasteiger partial charge in [0.15, 0.2) is 5.82 Å². The number of hydrogen-bond donors (Lipinski definition) is 1. The van der Waals surface area contributed by atoms with Crippen LogP contribution in [0.15, 0.2) is 36.9 Å². The van der Waals surface area contributed by atoms with Crippen molar-refractivity contribution in [3.8, 4) is 17.3 Å². The summed E-state index contributed by atoms with van der Waals surface area (Å²) >= 11 is 0.